The number of primary amides is 1. The van der Waals surface area contributed by atoms with Gasteiger partial charge in [-0.15, -0.1) is 5.92 Å². The van der Waals surface area contributed by atoms with E-state index >= 15 is 0 Å². The van der Waals surface area contributed by atoms with Crippen molar-refractivity contribution < 1.29 is 4.79 Å². The van der Waals surface area contributed by atoms with Crippen molar-refractivity contribution in [3.05, 3.63) is 17.5 Å². The molecule has 0 aromatic carbocycles. The molecule has 0 bridgehead atoms. The van der Waals surface area contributed by atoms with Crippen molar-refractivity contribution >= 4 is 17.7 Å². The lowest BCUT2D eigenvalue weighted by atomic mass is 10.2. The van der Waals surface area contributed by atoms with Crippen molar-refractivity contribution in [2.24, 2.45) is 5.73 Å². The Morgan fingerprint density at radius 1 is 1.64 bits per heavy atom. The number of aromatic nitrogens is 2. The van der Waals surface area contributed by atoms with E-state index in [1.54, 1.807) is 6.92 Å². The molecule has 0 aliphatic heterocycles. The number of carbonyl (C=O) groups is 1. The molecule has 1 rings (SSSR count). The largest absolute Gasteiger partial charge is 0.364 e. The van der Waals surface area contributed by atoms with Crippen LogP contribution in [0.3, 0.4) is 0 Å². The van der Waals surface area contributed by atoms with Crippen LogP contribution in [0.2, 0.25) is 0 Å². The number of rotatable bonds is 2. The first-order chi connectivity index (χ1) is 6.69. The molecular weight excluding hydrogens is 198 g/mol. The summed E-state index contributed by atoms with van der Waals surface area (Å²) in [6.07, 6.45) is 3.33. The Morgan fingerprint density at radius 3 is 2.86 bits per heavy atom. The van der Waals surface area contributed by atoms with E-state index in [1.807, 2.05) is 6.26 Å². The van der Waals surface area contributed by atoms with Crippen LogP contribution in [0.4, 0.5) is 0 Å². The van der Waals surface area contributed by atoms with E-state index in [0.29, 0.717) is 10.7 Å². The van der Waals surface area contributed by atoms with Gasteiger partial charge in [0.15, 0.2) is 5.16 Å². The Bertz CT molecular complexity index is 420. The molecule has 0 aliphatic rings. The third kappa shape index (κ3) is 2.24. The molecule has 1 heterocycles. The number of thioether (sulfide) groups is 1. The predicted octanol–water partition coefficient (Wildman–Crippen LogP) is 0.669. The number of hydrogen-bond acceptors (Lipinski definition) is 4. The molecular formula is C9H9N3OS. The Labute approximate surface area is 86.3 Å². The van der Waals surface area contributed by atoms with Crippen molar-refractivity contribution in [2.45, 2.75) is 12.1 Å². The highest BCUT2D eigenvalue weighted by molar-refractivity contribution is 7.98. The molecule has 2 N–H and O–H groups in total. The van der Waals surface area contributed by atoms with Crippen LogP contribution >= 0.6 is 11.8 Å². The molecule has 1 amide bonds. The summed E-state index contributed by atoms with van der Waals surface area (Å²) < 4.78 is 0. The number of hydrogen-bond donors (Lipinski definition) is 1. The summed E-state index contributed by atoms with van der Waals surface area (Å²) in [4.78, 5) is 19.0. The second kappa shape index (κ2) is 4.63. The van der Waals surface area contributed by atoms with E-state index in [9.17, 15) is 4.79 Å². The highest BCUT2D eigenvalue weighted by atomic mass is 32.2. The van der Waals surface area contributed by atoms with Crippen LogP contribution in [0.5, 0.6) is 0 Å². The van der Waals surface area contributed by atoms with E-state index in [1.165, 1.54) is 18.0 Å². The van der Waals surface area contributed by atoms with Gasteiger partial charge >= 0.3 is 0 Å². The zero-order valence-electron chi connectivity index (χ0n) is 7.87. The molecule has 72 valence electrons. The molecule has 0 spiro atoms. The number of nitrogens with two attached hydrogens (primary N) is 1. The lowest BCUT2D eigenvalue weighted by molar-refractivity contribution is 0.0994. The van der Waals surface area contributed by atoms with Crippen molar-refractivity contribution in [1.29, 1.82) is 0 Å². The van der Waals surface area contributed by atoms with Gasteiger partial charge in [0, 0.05) is 6.20 Å². The molecule has 0 fully saturated rings. The minimum Gasteiger partial charge on any atom is -0.364 e. The van der Waals surface area contributed by atoms with Crippen LogP contribution in [0.15, 0.2) is 11.4 Å². The molecule has 0 aliphatic carbocycles. The van der Waals surface area contributed by atoms with Crippen LogP contribution < -0.4 is 5.73 Å². The van der Waals surface area contributed by atoms with Crippen LogP contribution in [0.1, 0.15) is 23.0 Å². The fraction of sp³-hybridized carbons (Fsp3) is 0.222. The first-order valence-electron chi connectivity index (χ1n) is 3.82. The Morgan fingerprint density at radius 2 is 2.36 bits per heavy atom. The van der Waals surface area contributed by atoms with Gasteiger partial charge in [0.1, 0.15) is 5.69 Å². The summed E-state index contributed by atoms with van der Waals surface area (Å²) in [5, 5.41) is 0.514. The predicted molar refractivity (Wildman–Crippen MR) is 54.9 cm³/mol. The fourth-order valence-corrected chi connectivity index (χ4v) is 1.22. The van der Waals surface area contributed by atoms with E-state index < -0.39 is 5.91 Å². The van der Waals surface area contributed by atoms with Crippen LogP contribution in [0.25, 0.3) is 0 Å². The minimum absolute atomic E-state index is 0.179. The zero-order valence-corrected chi connectivity index (χ0v) is 8.68. The topological polar surface area (TPSA) is 68.9 Å². The monoisotopic (exact) mass is 207 g/mol. The van der Waals surface area contributed by atoms with Crippen molar-refractivity contribution in [1.82, 2.24) is 9.97 Å². The summed E-state index contributed by atoms with van der Waals surface area (Å²) in [5.74, 6) is 4.81. The molecule has 0 atom stereocenters. The van der Waals surface area contributed by atoms with Gasteiger partial charge < -0.3 is 5.73 Å². The summed E-state index contributed by atoms with van der Waals surface area (Å²) in [7, 11) is 0. The van der Waals surface area contributed by atoms with Gasteiger partial charge in [0.2, 0.25) is 0 Å². The Hall–Kier alpha value is -1.54. The third-order valence-electron chi connectivity index (χ3n) is 1.44. The molecule has 0 unspecified atom stereocenters. The highest BCUT2D eigenvalue weighted by Gasteiger charge is 2.09. The number of nitrogens with zero attached hydrogens (tertiary/aromatic N) is 2. The van der Waals surface area contributed by atoms with Gasteiger partial charge in [0.05, 0.1) is 5.56 Å². The maximum absolute atomic E-state index is 11.0. The normalized spacial score (nSPS) is 9.00. The Kier molecular flexibility index (Phi) is 3.48. The number of carbonyl (C=O) groups excluding carboxylic acids is 1. The average molecular weight is 207 g/mol. The molecule has 0 saturated carbocycles. The highest BCUT2D eigenvalue weighted by Crippen LogP contribution is 2.10. The lowest BCUT2D eigenvalue weighted by Gasteiger charge is -2.00. The zero-order chi connectivity index (χ0) is 10.6. The summed E-state index contributed by atoms with van der Waals surface area (Å²) in [5.41, 5.74) is 5.81. The van der Waals surface area contributed by atoms with Crippen LogP contribution in [-0.2, 0) is 0 Å². The smallest absolute Gasteiger partial charge is 0.268 e. The van der Waals surface area contributed by atoms with Gasteiger partial charge in [-0.2, -0.15) is 0 Å². The SMILES string of the molecule is CC#Cc1cnc(SC)nc1C(N)=O. The molecule has 1 aromatic heterocycles. The van der Waals surface area contributed by atoms with E-state index in [2.05, 4.69) is 21.8 Å². The van der Waals surface area contributed by atoms with Crippen molar-refractivity contribution in [3.63, 3.8) is 0 Å². The standard InChI is InChI=1S/C9H9N3OS/c1-3-4-6-5-11-9(14-2)12-7(6)8(10)13/h5H,1-2H3,(H2,10,13). The molecule has 1 aromatic rings. The second-order valence-corrected chi connectivity index (χ2v) is 3.13. The van der Waals surface area contributed by atoms with E-state index in [4.69, 9.17) is 5.73 Å². The van der Waals surface area contributed by atoms with E-state index in [0.717, 1.165) is 0 Å². The van der Waals surface area contributed by atoms with Gasteiger partial charge in [0.25, 0.3) is 5.91 Å². The summed E-state index contributed by atoms with van der Waals surface area (Å²) >= 11 is 1.35. The van der Waals surface area contributed by atoms with Gasteiger partial charge in [-0.05, 0) is 13.2 Å². The number of amides is 1. The van der Waals surface area contributed by atoms with Crippen molar-refractivity contribution in [2.75, 3.05) is 6.26 Å². The maximum atomic E-state index is 11.0. The quantitative estimate of drug-likeness (QED) is 0.439. The molecule has 14 heavy (non-hydrogen) atoms. The van der Waals surface area contributed by atoms with Crippen molar-refractivity contribution in [3.8, 4) is 11.8 Å². The minimum atomic E-state index is -0.583. The summed E-state index contributed by atoms with van der Waals surface area (Å²) in [6.45, 7) is 1.67. The Balaban J connectivity index is 3.28. The first-order valence-corrected chi connectivity index (χ1v) is 5.05. The molecule has 5 heteroatoms. The molecule has 0 radical (unpaired) electrons. The van der Waals surface area contributed by atoms with Gasteiger partial charge in [-0.1, -0.05) is 17.7 Å². The van der Waals surface area contributed by atoms with Crippen LogP contribution in [0, 0.1) is 11.8 Å². The van der Waals surface area contributed by atoms with Gasteiger partial charge in [-0.25, -0.2) is 9.97 Å². The fourth-order valence-electron chi connectivity index (χ4n) is 0.878. The van der Waals surface area contributed by atoms with E-state index in [-0.39, 0.29) is 5.69 Å². The van der Waals surface area contributed by atoms with Crippen LogP contribution in [-0.4, -0.2) is 22.1 Å². The first kappa shape index (κ1) is 10.5. The lowest BCUT2D eigenvalue weighted by Crippen LogP contribution is -2.16. The maximum Gasteiger partial charge on any atom is 0.268 e. The second-order valence-electron chi connectivity index (χ2n) is 2.36. The third-order valence-corrected chi connectivity index (χ3v) is 2.00. The summed E-state index contributed by atoms with van der Waals surface area (Å²) in [6, 6.07) is 0. The van der Waals surface area contributed by atoms with Gasteiger partial charge in [-0.3, -0.25) is 4.79 Å². The molecule has 0 saturated heterocycles. The molecule has 4 nitrogen and oxygen atoms in total. The average Bonchev–Trinajstić information content (AvgIpc) is 2.18.